The summed E-state index contributed by atoms with van der Waals surface area (Å²) in [6, 6.07) is 10.0. The van der Waals surface area contributed by atoms with Gasteiger partial charge in [0.1, 0.15) is 0 Å². The van der Waals surface area contributed by atoms with Crippen LogP contribution in [0.25, 0.3) is 0 Å². The molecule has 0 amide bonds. The van der Waals surface area contributed by atoms with E-state index in [4.69, 9.17) is 5.11 Å². The van der Waals surface area contributed by atoms with Gasteiger partial charge < -0.3 is 5.11 Å². The van der Waals surface area contributed by atoms with Gasteiger partial charge in [-0.25, -0.2) is 13.2 Å². The summed E-state index contributed by atoms with van der Waals surface area (Å²) in [5.41, 5.74) is 2.17. The minimum Gasteiger partial charge on any atom is -0.478 e. The van der Waals surface area contributed by atoms with Crippen molar-refractivity contribution in [2.45, 2.75) is 37.6 Å². The van der Waals surface area contributed by atoms with E-state index in [1.54, 1.807) is 6.07 Å². The number of benzene rings is 2. The van der Waals surface area contributed by atoms with Crippen LogP contribution in [0.3, 0.4) is 0 Å². The number of Topliss-reactive ketones (excluding diaryl/α,β-unsaturated/α-hetero) is 1. The second-order valence-electron chi connectivity index (χ2n) is 6.79. The average Bonchev–Trinajstić information content (AvgIpc) is 3.14. The zero-order valence-corrected chi connectivity index (χ0v) is 16.0. The molecule has 1 atom stereocenters. The van der Waals surface area contributed by atoms with Gasteiger partial charge >= 0.3 is 5.97 Å². The standard InChI is InChI=1S/C20H21NO5S/c1-13-8-9-14(2)17(11-13)19(22)18-7-4-10-21(18)27(25,26)16-6-3-5-15(12-16)20(23)24/h3,5-6,8-9,11-12,18H,4,7,10H2,1-2H3,(H,23,24). The number of carbonyl (C=O) groups is 2. The Bertz CT molecular complexity index is 1010. The van der Waals surface area contributed by atoms with Crippen molar-refractivity contribution < 1.29 is 23.1 Å². The average molecular weight is 387 g/mol. The molecule has 0 spiro atoms. The normalized spacial score (nSPS) is 17.8. The molecule has 2 aromatic rings. The van der Waals surface area contributed by atoms with Crippen molar-refractivity contribution in [2.24, 2.45) is 0 Å². The van der Waals surface area contributed by atoms with Crippen molar-refractivity contribution in [1.82, 2.24) is 4.31 Å². The molecule has 2 aromatic carbocycles. The van der Waals surface area contributed by atoms with Gasteiger partial charge in [-0.3, -0.25) is 4.79 Å². The van der Waals surface area contributed by atoms with Gasteiger partial charge in [-0.2, -0.15) is 4.31 Å². The number of aromatic carboxylic acids is 1. The molecule has 1 fully saturated rings. The minimum atomic E-state index is -3.97. The molecule has 7 heteroatoms. The van der Waals surface area contributed by atoms with Gasteiger partial charge in [0.25, 0.3) is 0 Å². The number of carbonyl (C=O) groups excluding carboxylic acids is 1. The second kappa shape index (κ2) is 7.25. The van der Waals surface area contributed by atoms with Crippen LogP contribution in [0.1, 0.15) is 44.7 Å². The highest BCUT2D eigenvalue weighted by molar-refractivity contribution is 7.89. The number of nitrogens with zero attached hydrogens (tertiary/aromatic N) is 1. The molecule has 0 aliphatic carbocycles. The van der Waals surface area contributed by atoms with Crippen LogP contribution in [0.2, 0.25) is 0 Å². The van der Waals surface area contributed by atoms with Crippen LogP contribution in [-0.4, -0.2) is 42.2 Å². The van der Waals surface area contributed by atoms with E-state index in [-0.39, 0.29) is 22.8 Å². The largest absolute Gasteiger partial charge is 0.478 e. The van der Waals surface area contributed by atoms with Crippen LogP contribution < -0.4 is 0 Å². The highest BCUT2D eigenvalue weighted by atomic mass is 32.2. The lowest BCUT2D eigenvalue weighted by molar-refractivity contribution is 0.0696. The lowest BCUT2D eigenvalue weighted by atomic mass is 9.97. The summed E-state index contributed by atoms with van der Waals surface area (Å²) in [6.07, 6.45) is 1.03. The molecule has 0 radical (unpaired) electrons. The molecule has 6 nitrogen and oxygen atoms in total. The van der Waals surface area contributed by atoms with Crippen molar-refractivity contribution in [2.75, 3.05) is 6.54 Å². The SMILES string of the molecule is Cc1ccc(C)c(C(=O)C2CCCN2S(=O)(=O)c2cccc(C(=O)O)c2)c1. The summed E-state index contributed by atoms with van der Waals surface area (Å²) in [4.78, 5) is 24.1. The molecule has 0 bridgehead atoms. The van der Waals surface area contributed by atoms with Gasteiger partial charge in [-0.15, -0.1) is 0 Å². The van der Waals surface area contributed by atoms with Crippen LogP contribution in [0.5, 0.6) is 0 Å². The van der Waals surface area contributed by atoms with E-state index >= 15 is 0 Å². The van der Waals surface area contributed by atoms with Crippen molar-refractivity contribution in [1.29, 1.82) is 0 Å². The Hall–Kier alpha value is -2.51. The third kappa shape index (κ3) is 3.65. The van der Waals surface area contributed by atoms with Gasteiger partial charge in [0.15, 0.2) is 5.78 Å². The van der Waals surface area contributed by atoms with Crippen molar-refractivity contribution in [3.63, 3.8) is 0 Å². The fourth-order valence-corrected chi connectivity index (χ4v) is 5.10. The number of rotatable bonds is 5. The topological polar surface area (TPSA) is 91.8 Å². The zero-order valence-electron chi connectivity index (χ0n) is 15.2. The summed E-state index contributed by atoms with van der Waals surface area (Å²) in [5.74, 6) is -1.41. The van der Waals surface area contributed by atoms with Crippen LogP contribution in [0, 0.1) is 13.8 Å². The maximum absolute atomic E-state index is 13.1. The Labute approximate surface area is 158 Å². The Balaban J connectivity index is 1.98. The van der Waals surface area contributed by atoms with Crippen LogP contribution in [-0.2, 0) is 10.0 Å². The van der Waals surface area contributed by atoms with Gasteiger partial charge in [0, 0.05) is 12.1 Å². The number of ketones is 1. The molecule has 1 aliphatic rings. The molecule has 1 aliphatic heterocycles. The van der Waals surface area contributed by atoms with Crippen LogP contribution in [0.4, 0.5) is 0 Å². The predicted molar refractivity (Wildman–Crippen MR) is 101 cm³/mol. The summed E-state index contributed by atoms with van der Waals surface area (Å²) in [5, 5.41) is 9.12. The number of hydrogen-bond donors (Lipinski definition) is 1. The Morgan fingerprint density at radius 1 is 1.11 bits per heavy atom. The minimum absolute atomic E-state index is 0.104. The van der Waals surface area contributed by atoms with Gasteiger partial charge in [-0.1, -0.05) is 23.8 Å². The quantitative estimate of drug-likeness (QED) is 0.796. The second-order valence-corrected chi connectivity index (χ2v) is 8.68. The number of carboxylic acid groups (broad SMARTS) is 1. The Kier molecular flexibility index (Phi) is 5.17. The summed E-state index contributed by atoms with van der Waals surface area (Å²) >= 11 is 0. The van der Waals surface area contributed by atoms with E-state index in [2.05, 4.69) is 0 Å². The van der Waals surface area contributed by atoms with Gasteiger partial charge in [-0.05, 0) is 56.5 Å². The van der Waals surface area contributed by atoms with Gasteiger partial charge in [0.05, 0.1) is 16.5 Å². The summed E-state index contributed by atoms with van der Waals surface area (Å²) < 4.78 is 27.4. The van der Waals surface area contributed by atoms with Crippen molar-refractivity contribution in [3.05, 3.63) is 64.7 Å². The molecular weight excluding hydrogens is 366 g/mol. The molecule has 1 unspecified atom stereocenters. The first kappa shape index (κ1) is 19.3. The molecule has 0 aromatic heterocycles. The maximum Gasteiger partial charge on any atom is 0.335 e. The first-order chi connectivity index (χ1) is 12.7. The van der Waals surface area contributed by atoms with E-state index in [1.807, 2.05) is 26.0 Å². The first-order valence-electron chi connectivity index (χ1n) is 8.68. The fraction of sp³-hybridized carbons (Fsp3) is 0.300. The molecule has 1 saturated heterocycles. The molecule has 27 heavy (non-hydrogen) atoms. The van der Waals surface area contributed by atoms with Crippen molar-refractivity contribution in [3.8, 4) is 0 Å². The fourth-order valence-electron chi connectivity index (χ4n) is 3.40. The monoisotopic (exact) mass is 387 g/mol. The number of sulfonamides is 1. The third-order valence-electron chi connectivity index (χ3n) is 4.85. The van der Waals surface area contributed by atoms with E-state index in [0.29, 0.717) is 18.4 Å². The number of carboxylic acids is 1. The molecule has 1 N–H and O–H groups in total. The van der Waals surface area contributed by atoms with E-state index in [1.165, 1.54) is 22.5 Å². The highest BCUT2D eigenvalue weighted by Crippen LogP contribution is 2.29. The first-order valence-corrected chi connectivity index (χ1v) is 10.1. The third-order valence-corrected chi connectivity index (χ3v) is 6.76. The van der Waals surface area contributed by atoms with E-state index in [0.717, 1.165) is 17.2 Å². The smallest absolute Gasteiger partial charge is 0.335 e. The highest BCUT2D eigenvalue weighted by Gasteiger charge is 2.40. The molecule has 142 valence electrons. The Morgan fingerprint density at radius 2 is 1.85 bits per heavy atom. The summed E-state index contributed by atoms with van der Waals surface area (Å²) in [6.45, 7) is 3.95. The lowest BCUT2D eigenvalue weighted by Gasteiger charge is -2.24. The van der Waals surface area contributed by atoms with Crippen LogP contribution in [0.15, 0.2) is 47.4 Å². The van der Waals surface area contributed by atoms with E-state index < -0.39 is 22.0 Å². The van der Waals surface area contributed by atoms with Crippen LogP contribution >= 0.6 is 0 Å². The number of aryl methyl sites for hydroxylation is 2. The van der Waals surface area contributed by atoms with Gasteiger partial charge in [0.2, 0.25) is 10.0 Å². The summed E-state index contributed by atoms with van der Waals surface area (Å²) in [7, 11) is -3.97. The van der Waals surface area contributed by atoms with E-state index in [9.17, 15) is 18.0 Å². The molecule has 3 rings (SSSR count). The lowest BCUT2D eigenvalue weighted by Crippen LogP contribution is -2.40. The predicted octanol–water partition coefficient (Wildman–Crippen LogP) is 3.04. The Morgan fingerprint density at radius 3 is 2.56 bits per heavy atom. The maximum atomic E-state index is 13.1. The molecular formula is C20H21NO5S. The molecule has 1 heterocycles. The molecule has 0 saturated carbocycles. The zero-order chi connectivity index (χ0) is 19.8. The number of hydrogen-bond acceptors (Lipinski definition) is 4. The van der Waals surface area contributed by atoms with Crippen molar-refractivity contribution >= 4 is 21.8 Å².